The Labute approximate surface area is 176 Å². The minimum absolute atomic E-state index is 0.0555. The SMILES string of the molecule is CCCn1c(SC(C)C(=O)Nc2cc(F)ccc2F)nc2cc(S(N)(=O)=O)ccc21. The number of aryl methyl sites for hydroxylation is 1. The molecule has 1 amide bonds. The van der Waals surface area contributed by atoms with Crippen LogP contribution in [0.4, 0.5) is 14.5 Å². The molecule has 3 rings (SSSR count). The standard InChI is InChI=1S/C19H20F2N4O3S2/c1-3-8-25-17-7-5-13(30(22,27)28)10-16(17)24-19(25)29-11(2)18(26)23-15-9-12(20)4-6-14(15)21/h4-7,9-11H,3,8H2,1-2H3,(H,23,26)(H2,22,27,28). The van der Waals surface area contributed by atoms with Gasteiger partial charge >= 0.3 is 0 Å². The predicted octanol–water partition coefficient (Wildman–Crippen LogP) is 3.49. The van der Waals surface area contributed by atoms with Crippen molar-refractivity contribution in [2.75, 3.05) is 5.32 Å². The minimum atomic E-state index is -3.88. The second-order valence-corrected chi connectivity index (χ2v) is 9.48. The Kier molecular flexibility index (Phi) is 6.44. The lowest BCUT2D eigenvalue weighted by Gasteiger charge is -2.13. The summed E-state index contributed by atoms with van der Waals surface area (Å²) < 4.78 is 52.2. The molecule has 0 fully saturated rings. The van der Waals surface area contributed by atoms with E-state index < -0.39 is 32.8 Å². The van der Waals surface area contributed by atoms with Crippen LogP contribution < -0.4 is 10.5 Å². The van der Waals surface area contributed by atoms with E-state index in [2.05, 4.69) is 10.3 Å². The molecule has 1 unspecified atom stereocenters. The fraction of sp³-hybridized carbons (Fsp3) is 0.263. The first kappa shape index (κ1) is 22.2. The lowest BCUT2D eigenvalue weighted by molar-refractivity contribution is -0.115. The molecule has 7 nitrogen and oxygen atoms in total. The number of primary sulfonamides is 1. The van der Waals surface area contributed by atoms with Crippen LogP contribution in [0.2, 0.25) is 0 Å². The number of hydrogen-bond acceptors (Lipinski definition) is 5. The third-order valence-corrected chi connectivity index (χ3v) is 6.30. The fourth-order valence-corrected chi connectivity index (χ4v) is 4.32. The molecule has 0 aliphatic rings. The molecule has 0 spiro atoms. The molecule has 0 aliphatic heterocycles. The number of aromatic nitrogens is 2. The number of nitrogens with zero attached hydrogens (tertiary/aromatic N) is 2. The molecule has 11 heteroatoms. The molecule has 0 radical (unpaired) electrons. The molecule has 0 saturated carbocycles. The van der Waals surface area contributed by atoms with Crippen molar-refractivity contribution in [3.8, 4) is 0 Å². The quantitative estimate of drug-likeness (QED) is 0.532. The van der Waals surface area contributed by atoms with E-state index in [1.165, 1.54) is 12.1 Å². The number of halogens is 2. The average Bonchev–Trinajstić information content (AvgIpc) is 3.00. The topological polar surface area (TPSA) is 107 Å². The van der Waals surface area contributed by atoms with Crippen LogP contribution in [0.5, 0.6) is 0 Å². The number of anilines is 1. The number of benzene rings is 2. The maximum Gasteiger partial charge on any atom is 0.238 e. The van der Waals surface area contributed by atoms with E-state index in [-0.39, 0.29) is 10.6 Å². The molecule has 2 aromatic carbocycles. The van der Waals surface area contributed by atoms with E-state index in [9.17, 15) is 22.0 Å². The first-order chi connectivity index (χ1) is 14.1. The van der Waals surface area contributed by atoms with Crippen LogP contribution in [0, 0.1) is 11.6 Å². The van der Waals surface area contributed by atoms with E-state index in [4.69, 9.17) is 5.14 Å². The molecule has 1 heterocycles. The Morgan fingerprint density at radius 3 is 2.67 bits per heavy atom. The number of fused-ring (bicyclic) bond motifs is 1. The fourth-order valence-electron chi connectivity index (χ4n) is 2.83. The summed E-state index contributed by atoms with van der Waals surface area (Å²) in [6, 6.07) is 7.22. The largest absolute Gasteiger partial charge is 0.323 e. The Bertz CT molecular complexity index is 1210. The summed E-state index contributed by atoms with van der Waals surface area (Å²) in [6.07, 6.45) is 0.783. The predicted molar refractivity (Wildman–Crippen MR) is 112 cm³/mol. The number of thioether (sulfide) groups is 1. The summed E-state index contributed by atoms with van der Waals surface area (Å²) in [5.74, 6) is -1.93. The minimum Gasteiger partial charge on any atom is -0.323 e. The normalized spacial score (nSPS) is 12.8. The molecule has 3 N–H and O–H groups in total. The van der Waals surface area contributed by atoms with Gasteiger partial charge in [-0.3, -0.25) is 4.79 Å². The van der Waals surface area contributed by atoms with Crippen LogP contribution in [0.1, 0.15) is 20.3 Å². The average molecular weight is 455 g/mol. The van der Waals surface area contributed by atoms with Gasteiger partial charge in [0.25, 0.3) is 0 Å². The molecule has 1 aromatic heterocycles. The third kappa shape index (κ3) is 4.79. The van der Waals surface area contributed by atoms with E-state index >= 15 is 0 Å². The first-order valence-electron chi connectivity index (χ1n) is 9.05. The molecule has 3 aromatic rings. The lowest BCUT2D eigenvalue weighted by atomic mass is 10.3. The number of carbonyl (C=O) groups excluding carboxylic acids is 1. The number of rotatable bonds is 7. The second-order valence-electron chi connectivity index (χ2n) is 6.62. The summed E-state index contributed by atoms with van der Waals surface area (Å²) in [6.45, 7) is 4.19. The van der Waals surface area contributed by atoms with Crippen molar-refractivity contribution in [2.45, 2.75) is 42.1 Å². The van der Waals surface area contributed by atoms with E-state index in [1.807, 2.05) is 11.5 Å². The molecule has 1 atom stereocenters. The highest BCUT2D eigenvalue weighted by atomic mass is 32.2. The van der Waals surface area contributed by atoms with Crippen LogP contribution in [-0.2, 0) is 21.4 Å². The molecule has 0 bridgehead atoms. The summed E-state index contributed by atoms with van der Waals surface area (Å²) in [7, 11) is -3.88. The van der Waals surface area contributed by atoms with Crippen LogP contribution in [-0.4, -0.2) is 29.1 Å². The smallest absolute Gasteiger partial charge is 0.238 e. The van der Waals surface area contributed by atoms with Gasteiger partial charge < -0.3 is 9.88 Å². The van der Waals surface area contributed by atoms with Crippen molar-refractivity contribution >= 4 is 44.4 Å². The second kappa shape index (κ2) is 8.70. The number of carbonyl (C=O) groups is 1. The van der Waals surface area contributed by atoms with Gasteiger partial charge in [0.05, 0.1) is 26.9 Å². The van der Waals surface area contributed by atoms with E-state index in [0.717, 1.165) is 36.4 Å². The maximum atomic E-state index is 13.8. The third-order valence-electron chi connectivity index (χ3n) is 4.30. The molecule has 30 heavy (non-hydrogen) atoms. The number of imidazole rings is 1. The Morgan fingerprint density at radius 1 is 1.27 bits per heavy atom. The molecule has 0 aliphatic carbocycles. The number of sulfonamides is 1. The maximum absolute atomic E-state index is 13.8. The van der Waals surface area contributed by atoms with Gasteiger partial charge in [0.15, 0.2) is 5.16 Å². The van der Waals surface area contributed by atoms with Crippen LogP contribution in [0.3, 0.4) is 0 Å². The zero-order valence-electron chi connectivity index (χ0n) is 16.2. The molecule has 160 valence electrons. The number of hydrogen-bond donors (Lipinski definition) is 2. The Morgan fingerprint density at radius 2 is 2.00 bits per heavy atom. The monoisotopic (exact) mass is 454 g/mol. The van der Waals surface area contributed by atoms with Gasteiger partial charge in [0.2, 0.25) is 15.9 Å². The summed E-state index contributed by atoms with van der Waals surface area (Å²) in [4.78, 5) is 16.9. The van der Waals surface area contributed by atoms with E-state index in [0.29, 0.717) is 22.7 Å². The van der Waals surface area contributed by atoms with Gasteiger partial charge in [-0.2, -0.15) is 0 Å². The summed E-state index contributed by atoms with van der Waals surface area (Å²) >= 11 is 1.13. The van der Waals surface area contributed by atoms with E-state index in [1.54, 1.807) is 13.0 Å². The Hall–Kier alpha value is -2.50. The highest BCUT2D eigenvalue weighted by molar-refractivity contribution is 8.00. The molecule has 0 saturated heterocycles. The van der Waals surface area contributed by atoms with Crippen molar-refractivity contribution in [3.63, 3.8) is 0 Å². The molecular weight excluding hydrogens is 434 g/mol. The number of nitrogens with two attached hydrogens (primary N) is 1. The zero-order chi connectivity index (χ0) is 22.1. The van der Waals surface area contributed by atoms with Crippen molar-refractivity contribution in [2.24, 2.45) is 5.14 Å². The number of amides is 1. The van der Waals surface area contributed by atoms with Gasteiger partial charge in [-0.25, -0.2) is 27.3 Å². The zero-order valence-corrected chi connectivity index (χ0v) is 17.9. The lowest BCUT2D eigenvalue weighted by Crippen LogP contribution is -2.23. The number of nitrogens with one attached hydrogen (secondary N) is 1. The summed E-state index contributed by atoms with van der Waals surface area (Å²) in [5, 5.41) is 7.39. The van der Waals surface area contributed by atoms with Crippen molar-refractivity contribution in [1.29, 1.82) is 0 Å². The van der Waals surface area contributed by atoms with Gasteiger partial charge in [0, 0.05) is 12.6 Å². The van der Waals surface area contributed by atoms with Crippen LogP contribution >= 0.6 is 11.8 Å². The Balaban J connectivity index is 1.88. The van der Waals surface area contributed by atoms with Crippen molar-refractivity contribution in [1.82, 2.24) is 9.55 Å². The first-order valence-corrected chi connectivity index (χ1v) is 11.5. The van der Waals surface area contributed by atoms with Gasteiger partial charge in [-0.15, -0.1) is 0 Å². The highest BCUT2D eigenvalue weighted by Crippen LogP contribution is 2.29. The van der Waals surface area contributed by atoms with Crippen LogP contribution in [0.25, 0.3) is 11.0 Å². The van der Waals surface area contributed by atoms with Gasteiger partial charge in [-0.1, -0.05) is 18.7 Å². The highest BCUT2D eigenvalue weighted by Gasteiger charge is 2.21. The molecular formula is C19H20F2N4O3S2. The van der Waals surface area contributed by atoms with Gasteiger partial charge in [-0.05, 0) is 43.7 Å². The van der Waals surface area contributed by atoms with Crippen molar-refractivity contribution in [3.05, 3.63) is 48.0 Å². The van der Waals surface area contributed by atoms with Crippen molar-refractivity contribution < 1.29 is 22.0 Å². The van der Waals surface area contributed by atoms with Crippen LogP contribution in [0.15, 0.2) is 46.5 Å². The van der Waals surface area contributed by atoms with Gasteiger partial charge in [0.1, 0.15) is 11.6 Å². The summed E-state index contributed by atoms with van der Waals surface area (Å²) in [5.41, 5.74) is 0.893.